The van der Waals surface area contributed by atoms with Crippen molar-refractivity contribution in [1.29, 1.82) is 0 Å². The Labute approximate surface area is 154 Å². The lowest BCUT2D eigenvalue weighted by atomic mass is 10.2. The summed E-state index contributed by atoms with van der Waals surface area (Å²) < 4.78 is 64.0. The number of ether oxygens (including phenoxy) is 5. The van der Waals surface area contributed by atoms with E-state index in [-0.39, 0.29) is 31.6 Å². The second-order valence-corrected chi connectivity index (χ2v) is 5.77. The predicted octanol–water partition coefficient (Wildman–Crippen LogP) is 2.93. The number of alkyl halides is 3. The van der Waals surface area contributed by atoms with Crippen LogP contribution in [0.4, 0.5) is 18.0 Å². The number of hydrogen-bond acceptors (Lipinski definition) is 6. The van der Waals surface area contributed by atoms with E-state index in [9.17, 15) is 18.0 Å². The van der Waals surface area contributed by atoms with Gasteiger partial charge in [-0.3, -0.25) is 0 Å². The predicted molar refractivity (Wildman–Crippen MR) is 87.1 cm³/mol. The van der Waals surface area contributed by atoms with E-state index in [1.807, 2.05) is 0 Å². The van der Waals surface area contributed by atoms with Crippen LogP contribution in [0.25, 0.3) is 0 Å². The molecule has 2 rings (SSSR count). The maximum absolute atomic E-state index is 12.7. The number of carbonyl (C=O) groups excluding carboxylic acids is 1. The molecule has 27 heavy (non-hydrogen) atoms. The molecular formula is C17H22F3NO6. The minimum absolute atomic E-state index is 0.0504. The molecule has 1 aliphatic rings. The van der Waals surface area contributed by atoms with E-state index in [2.05, 4.69) is 5.32 Å². The van der Waals surface area contributed by atoms with Crippen molar-refractivity contribution in [3.63, 3.8) is 0 Å². The molecule has 1 aromatic rings. The van der Waals surface area contributed by atoms with E-state index in [0.717, 1.165) is 12.1 Å². The van der Waals surface area contributed by atoms with Gasteiger partial charge in [-0.05, 0) is 24.6 Å². The molecule has 1 aliphatic heterocycles. The van der Waals surface area contributed by atoms with Gasteiger partial charge in [-0.1, -0.05) is 13.0 Å². The molecule has 3 unspecified atom stereocenters. The van der Waals surface area contributed by atoms with Crippen LogP contribution in [0.15, 0.2) is 24.3 Å². The van der Waals surface area contributed by atoms with Crippen LogP contribution in [0.5, 0.6) is 5.75 Å². The fraction of sp³-hybridized carbons (Fsp3) is 0.588. The highest BCUT2D eigenvalue weighted by Crippen LogP contribution is 2.31. The van der Waals surface area contributed by atoms with Crippen LogP contribution >= 0.6 is 0 Å². The molecule has 0 spiro atoms. The molecule has 0 bridgehead atoms. The molecule has 0 aromatic heterocycles. The van der Waals surface area contributed by atoms with Crippen LogP contribution in [0.1, 0.15) is 18.9 Å². The number of rotatable bonds is 8. The lowest BCUT2D eigenvalue weighted by molar-refractivity contribution is -0.222. The molecule has 0 saturated carbocycles. The molecule has 1 amide bonds. The summed E-state index contributed by atoms with van der Waals surface area (Å²) in [4.78, 5) is 11.9. The first-order valence-electron chi connectivity index (χ1n) is 8.36. The van der Waals surface area contributed by atoms with Gasteiger partial charge in [0.05, 0.1) is 12.2 Å². The summed E-state index contributed by atoms with van der Waals surface area (Å²) in [6.45, 7) is 1.39. The van der Waals surface area contributed by atoms with E-state index < -0.39 is 30.4 Å². The Kier molecular flexibility index (Phi) is 7.69. The Hall–Kier alpha value is -2.04. The minimum atomic E-state index is -4.45. The van der Waals surface area contributed by atoms with Crippen LogP contribution in [-0.2, 0) is 25.1 Å². The van der Waals surface area contributed by atoms with Crippen LogP contribution in [0.3, 0.4) is 0 Å². The average Bonchev–Trinajstić information content (AvgIpc) is 3.11. The molecule has 1 aromatic carbocycles. The third-order valence-electron chi connectivity index (χ3n) is 3.71. The van der Waals surface area contributed by atoms with Gasteiger partial charge >= 0.3 is 12.3 Å². The first-order valence-corrected chi connectivity index (χ1v) is 8.36. The van der Waals surface area contributed by atoms with Crippen LogP contribution in [-0.4, -0.2) is 51.6 Å². The normalized spacial score (nSPS) is 20.9. The van der Waals surface area contributed by atoms with E-state index in [1.165, 1.54) is 19.2 Å². The Morgan fingerprint density at radius 3 is 2.81 bits per heavy atom. The number of nitrogens with one attached hydrogen (secondary N) is 1. The number of hydrogen-bond donors (Lipinski definition) is 1. The molecular weight excluding hydrogens is 371 g/mol. The Bertz CT molecular complexity index is 613. The highest BCUT2D eigenvalue weighted by Gasteiger charge is 2.30. The molecule has 1 saturated heterocycles. The largest absolute Gasteiger partial charge is 0.490 e. The average molecular weight is 393 g/mol. The van der Waals surface area contributed by atoms with E-state index in [4.69, 9.17) is 23.7 Å². The first-order chi connectivity index (χ1) is 12.8. The van der Waals surface area contributed by atoms with Gasteiger partial charge in [-0.25, -0.2) is 4.79 Å². The Morgan fingerprint density at radius 2 is 2.19 bits per heavy atom. The number of carbonyl (C=O) groups is 1. The summed E-state index contributed by atoms with van der Waals surface area (Å²) in [7, 11) is 1.44. The van der Waals surface area contributed by atoms with Crippen molar-refractivity contribution in [2.75, 3.05) is 26.9 Å². The van der Waals surface area contributed by atoms with Crippen molar-refractivity contribution in [3.8, 4) is 5.75 Å². The van der Waals surface area contributed by atoms with Crippen molar-refractivity contribution in [2.45, 2.75) is 38.2 Å². The van der Waals surface area contributed by atoms with Crippen molar-refractivity contribution in [3.05, 3.63) is 29.8 Å². The number of halogens is 3. The van der Waals surface area contributed by atoms with Gasteiger partial charge in [-0.2, -0.15) is 13.2 Å². The molecule has 10 heteroatoms. The molecule has 1 heterocycles. The third-order valence-corrected chi connectivity index (χ3v) is 3.71. The molecule has 1 fully saturated rings. The molecule has 152 valence electrons. The standard InChI is InChI=1S/C17H22F3NO6/c1-3-12(9-24-13-6-4-5-11(7-13)17(18,19)20)26-15(22)21-8-14-10-25-16(23-2)27-14/h4-7,12,14,16H,3,8-10H2,1-2H3,(H,21,22). The van der Waals surface area contributed by atoms with Gasteiger partial charge < -0.3 is 29.0 Å². The summed E-state index contributed by atoms with van der Waals surface area (Å²) in [6.07, 6.45) is -5.68. The summed E-state index contributed by atoms with van der Waals surface area (Å²) in [5, 5.41) is 2.54. The zero-order chi connectivity index (χ0) is 19.9. The van der Waals surface area contributed by atoms with Crippen molar-refractivity contribution in [1.82, 2.24) is 5.32 Å². The second-order valence-electron chi connectivity index (χ2n) is 5.77. The first kappa shape index (κ1) is 21.3. The maximum Gasteiger partial charge on any atom is 0.416 e. The highest BCUT2D eigenvalue weighted by molar-refractivity contribution is 5.67. The lowest BCUT2D eigenvalue weighted by Crippen LogP contribution is -2.37. The summed E-state index contributed by atoms with van der Waals surface area (Å²) in [5.74, 6) is 0.0504. The van der Waals surface area contributed by atoms with Gasteiger partial charge in [0.25, 0.3) is 6.48 Å². The highest BCUT2D eigenvalue weighted by atomic mass is 19.4. The lowest BCUT2D eigenvalue weighted by Gasteiger charge is -2.18. The number of amides is 1. The van der Waals surface area contributed by atoms with Gasteiger partial charge in [0.1, 0.15) is 24.6 Å². The van der Waals surface area contributed by atoms with Crippen LogP contribution < -0.4 is 10.1 Å². The van der Waals surface area contributed by atoms with E-state index in [0.29, 0.717) is 6.42 Å². The van der Waals surface area contributed by atoms with Gasteiger partial charge in [0, 0.05) is 13.7 Å². The fourth-order valence-electron chi connectivity index (χ4n) is 2.23. The Balaban J connectivity index is 1.76. The second kappa shape index (κ2) is 9.77. The van der Waals surface area contributed by atoms with Gasteiger partial charge in [0.2, 0.25) is 0 Å². The molecule has 3 atom stereocenters. The molecule has 0 radical (unpaired) electrons. The summed E-state index contributed by atoms with van der Waals surface area (Å²) in [6, 6.07) is 4.52. The summed E-state index contributed by atoms with van der Waals surface area (Å²) >= 11 is 0. The Morgan fingerprint density at radius 1 is 1.41 bits per heavy atom. The summed E-state index contributed by atoms with van der Waals surface area (Å²) in [5.41, 5.74) is -0.806. The zero-order valence-corrected chi connectivity index (χ0v) is 15.0. The van der Waals surface area contributed by atoms with Crippen LogP contribution in [0.2, 0.25) is 0 Å². The number of methoxy groups -OCH3 is 1. The van der Waals surface area contributed by atoms with Crippen molar-refractivity contribution in [2.24, 2.45) is 0 Å². The SMILES string of the molecule is CCC(COc1cccc(C(F)(F)F)c1)OC(=O)NCC1COC(OC)O1. The van der Waals surface area contributed by atoms with Gasteiger partial charge in [-0.15, -0.1) is 0 Å². The van der Waals surface area contributed by atoms with Crippen molar-refractivity contribution >= 4 is 6.09 Å². The topological polar surface area (TPSA) is 75.3 Å². The van der Waals surface area contributed by atoms with E-state index in [1.54, 1.807) is 6.92 Å². The monoisotopic (exact) mass is 393 g/mol. The molecule has 1 N–H and O–H groups in total. The van der Waals surface area contributed by atoms with E-state index >= 15 is 0 Å². The van der Waals surface area contributed by atoms with Gasteiger partial charge in [0.15, 0.2) is 0 Å². The number of benzene rings is 1. The third kappa shape index (κ3) is 6.89. The molecule has 7 nitrogen and oxygen atoms in total. The maximum atomic E-state index is 12.7. The van der Waals surface area contributed by atoms with Crippen molar-refractivity contribution < 1.29 is 41.7 Å². The van der Waals surface area contributed by atoms with Crippen LogP contribution in [0, 0.1) is 0 Å². The smallest absolute Gasteiger partial charge is 0.416 e. The zero-order valence-electron chi connectivity index (χ0n) is 15.0. The number of alkyl carbamates (subject to hydrolysis) is 1. The molecule has 0 aliphatic carbocycles. The quantitative estimate of drug-likeness (QED) is 0.732. The minimum Gasteiger partial charge on any atom is -0.490 e. The fourth-order valence-corrected chi connectivity index (χ4v) is 2.23.